The summed E-state index contributed by atoms with van der Waals surface area (Å²) >= 11 is 0. The molecule has 3 rings (SSSR count). The lowest BCUT2D eigenvalue weighted by molar-refractivity contribution is -0.137. The zero-order chi connectivity index (χ0) is 18.4. The molecule has 2 amide bonds. The van der Waals surface area contributed by atoms with Crippen LogP contribution in [0, 0.1) is 5.92 Å². The van der Waals surface area contributed by atoms with Gasteiger partial charge in [-0.25, -0.2) is 0 Å². The maximum Gasteiger partial charge on any atom is 0.222 e. The number of rotatable bonds is 6. The number of carbonyl (C=O) groups is 2. The summed E-state index contributed by atoms with van der Waals surface area (Å²) in [5.74, 6) is 1.00. The number of benzene rings is 1. The van der Waals surface area contributed by atoms with Crippen LogP contribution in [0.15, 0.2) is 30.3 Å². The summed E-state index contributed by atoms with van der Waals surface area (Å²) < 4.78 is 0. The van der Waals surface area contributed by atoms with Crippen LogP contribution in [0.1, 0.15) is 76.3 Å². The summed E-state index contributed by atoms with van der Waals surface area (Å²) in [4.78, 5) is 27.0. The molecule has 0 bridgehead atoms. The van der Waals surface area contributed by atoms with E-state index in [0.717, 1.165) is 24.4 Å². The number of nitrogens with zero attached hydrogens (tertiary/aromatic N) is 1. The molecule has 2 unspecified atom stereocenters. The molecule has 3 atom stereocenters. The standard InChI is InChI=1S/C22H32N2O2/c1-17(18-9-3-2-4-10-18)23-21(25)14-7-15-22(26)24-16-8-12-19-11-5-6-13-20(19)24/h2-4,9-10,17,19-20H,5-8,11-16H2,1H3,(H,23,25)/t17-,19?,20?/m1/s1. The predicted molar refractivity (Wildman–Crippen MR) is 104 cm³/mol. The molecule has 1 aromatic rings. The Morgan fingerprint density at radius 2 is 1.81 bits per heavy atom. The van der Waals surface area contributed by atoms with E-state index >= 15 is 0 Å². The SMILES string of the molecule is C[C@@H](NC(=O)CCCC(=O)N1CCCC2CCCCC21)c1ccccc1. The van der Waals surface area contributed by atoms with Gasteiger partial charge in [0, 0.05) is 25.4 Å². The molecule has 1 saturated heterocycles. The van der Waals surface area contributed by atoms with Gasteiger partial charge in [-0.05, 0) is 50.5 Å². The normalized spacial score (nSPS) is 23.8. The monoisotopic (exact) mass is 356 g/mol. The van der Waals surface area contributed by atoms with Crippen molar-refractivity contribution in [3.8, 4) is 0 Å². The fourth-order valence-corrected chi connectivity index (χ4v) is 4.62. The minimum atomic E-state index is 0.00416. The fourth-order valence-electron chi connectivity index (χ4n) is 4.62. The highest BCUT2D eigenvalue weighted by molar-refractivity contribution is 5.79. The molecular weight excluding hydrogens is 324 g/mol. The van der Waals surface area contributed by atoms with E-state index in [1.165, 1.54) is 32.1 Å². The molecule has 0 aromatic heterocycles. The highest BCUT2D eigenvalue weighted by Crippen LogP contribution is 2.35. The minimum Gasteiger partial charge on any atom is -0.350 e. The molecular formula is C22H32N2O2. The summed E-state index contributed by atoms with van der Waals surface area (Å²) in [6.07, 6.45) is 9.02. The van der Waals surface area contributed by atoms with Gasteiger partial charge >= 0.3 is 0 Å². The number of hydrogen-bond donors (Lipinski definition) is 1. The first-order valence-electron chi connectivity index (χ1n) is 10.3. The van der Waals surface area contributed by atoms with Crippen LogP contribution in [0.3, 0.4) is 0 Å². The van der Waals surface area contributed by atoms with Crippen LogP contribution in [0.25, 0.3) is 0 Å². The van der Waals surface area contributed by atoms with Gasteiger partial charge in [0.25, 0.3) is 0 Å². The Kier molecular flexibility index (Phi) is 6.70. The van der Waals surface area contributed by atoms with Crippen molar-refractivity contribution in [2.45, 2.75) is 76.8 Å². The van der Waals surface area contributed by atoms with Gasteiger partial charge in [0.15, 0.2) is 0 Å². The third-order valence-corrected chi connectivity index (χ3v) is 6.04. The minimum absolute atomic E-state index is 0.00416. The average molecular weight is 357 g/mol. The van der Waals surface area contributed by atoms with E-state index in [1.807, 2.05) is 37.3 Å². The molecule has 1 aliphatic heterocycles. The molecule has 2 fully saturated rings. The van der Waals surface area contributed by atoms with E-state index < -0.39 is 0 Å². The van der Waals surface area contributed by atoms with E-state index in [2.05, 4.69) is 10.2 Å². The lowest BCUT2D eigenvalue weighted by Crippen LogP contribution is -2.49. The first kappa shape index (κ1) is 18.9. The van der Waals surface area contributed by atoms with Crippen molar-refractivity contribution in [3.05, 3.63) is 35.9 Å². The molecule has 1 aromatic carbocycles. The summed E-state index contributed by atoms with van der Waals surface area (Å²) in [6.45, 7) is 2.91. The van der Waals surface area contributed by atoms with Crippen LogP contribution >= 0.6 is 0 Å². The Morgan fingerprint density at radius 1 is 1.08 bits per heavy atom. The van der Waals surface area contributed by atoms with Crippen molar-refractivity contribution in [3.63, 3.8) is 0 Å². The average Bonchev–Trinajstić information content (AvgIpc) is 2.68. The number of fused-ring (bicyclic) bond motifs is 1. The molecule has 0 radical (unpaired) electrons. The molecule has 4 nitrogen and oxygen atoms in total. The van der Waals surface area contributed by atoms with Crippen molar-refractivity contribution in [1.29, 1.82) is 0 Å². The number of hydrogen-bond acceptors (Lipinski definition) is 2. The van der Waals surface area contributed by atoms with Crippen molar-refractivity contribution in [1.82, 2.24) is 10.2 Å². The van der Waals surface area contributed by atoms with Crippen LogP contribution in [0.5, 0.6) is 0 Å². The van der Waals surface area contributed by atoms with Crippen LogP contribution < -0.4 is 5.32 Å². The Labute approximate surface area is 157 Å². The fraction of sp³-hybridized carbons (Fsp3) is 0.636. The van der Waals surface area contributed by atoms with Crippen molar-refractivity contribution < 1.29 is 9.59 Å². The van der Waals surface area contributed by atoms with E-state index in [1.54, 1.807) is 0 Å². The molecule has 26 heavy (non-hydrogen) atoms. The molecule has 1 N–H and O–H groups in total. The van der Waals surface area contributed by atoms with E-state index in [9.17, 15) is 9.59 Å². The maximum atomic E-state index is 12.7. The predicted octanol–water partition coefficient (Wildman–Crippen LogP) is 4.22. The van der Waals surface area contributed by atoms with Crippen LogP contribution in [0.2, 0.25) is 0 Å². The van der Waals surface area contributed by atoms with Crippen LogP contribution in [0.4, 0.5) is 0 Å². The highest BCUT2D eigenvalue weighted by Gasteiger charge is 2.35. The number of nitrogens with one attached hydrogen (secondary N) is 1. The summed E-state index contributed by atoms with van der Waals surface area (Å²) in [6, 6.07) is 10.4. The van der Waals surface area contributed by atoms with Crippen molar-refractivity contribution in [2.75, 3.05) is 6.54 Å². The maximum absolute atomic E-state index is 12.7. The second kappa shape index (κ2) is 9.20. The van der Waals surface area contributed by atoms with Crippen molar-refractivity contribution in [2.24, 2.45) is 5.92 Å². The Hall–Kier alpha value is -1.84. The van der Waals surface area contributed by atoms with Gasteiger partial charge in [-0.15, -0.1) is 0 Å². The second-order valence-corrected chi connectivity index (χ2v) is 7.89. The number of carbonyl (C=O) groups excluding carboxylic acids is 2. The zero-order valence-electron chi connectivity index (χ0n) is 16.0. The van der Waals surface area contributed by atoms with Crippen LogP contribution in [-0.4, -0.2) is 29.3 Å². The van der Waals surface area contributed by atoms with Gasteiger partial charge in [-0.2, -0.15) is 0 Å². The van der Waals surface area contributed by atoms with Gasteiger partial charge in [-0.1, -0.05) is 43.2 Å². The van der Waals surface area contributed by atoms with E-state index in [-0.39, 0.29) is 17.9 Å². The molecule has 142 valence electrons. The first-order valence-corrected chi connectivity index (χ1v) is 10.3. The van der Waals surface area contributed by atoms with Gasteiger partial charge in [0.1, 0.15) is 0 Å². The van der Waals surface area contributed by atoms with Gasteiger partial charge in [0.2, 0.25) is 11.8 Å². The Morgan fingerprint density at radius 3 is 2.62 bits per heavy atom. The number of piperidine rings is 1. The zero-order valence-corrected chi connectivity index (χ0v) is 16.0. The summed E-state index contributed by atoms with van der Waals surface area (Å²) in [5, 5.41) is 3.03. The Bertz CT molecular complexity index is 599. The third-order valence-electron chi connectivity index (χ3n) is 6.04. The van der Waals surface area contributed by atoms with Gasteiger partial charge in [0.05, 0.1) is 6.04 Å². The third kappa shape index (κ3) is 4.87. The van der Waals surface area contributed by atoms with Gasteiger partial charge in [-0.3, -0.25) is 9.59 Å². The molecule has 0 spiro atoms. The molecule has 1 saturated carbocycles. The molecule has 2 aliphatic rings. The smallest absolute Gasteiger partial charge is 0.222 e. The highest BCUT2D eigenvalue weighted by atomic mass is 16.2. The van der Waals surface area contributed by atoms with Crippen molar-refractivity contribution >= 4 is 11.8 Å². The molecule has 4 heteroatoms. The summed E-state index contributed by atoms with van der Waals surface area (Å²) in [5.41, 5.74) is 1.11. The quantitative estimate of drug-likeness (QED) is 0.830. The second-order valence-electron chi connectivity index (χ2n) is 7.89. The largest absolute Gasteiger partial charge is 0.350 e. The first-order chi connectivity index (χ1) is 12.6. The Balaban J connectivity index is 1.41. The molecule has 1 aliphatic carbocycles. The molecule has 1 heterocycles. The van der Waals surface area contributed by atoms with Gasteiger partial charge < -0.3 is 10.2 Å². The van der Waals surface area contributed by atoms with E-state index in [4.69, 9.17) is 0 Å². The lowest BCUT2D eigenvalue weighted by atomic mass is 9.78. The summed E-state index contributed by atoms with van der Waals surface area (Å²) in [7, 11) is 0. The van der Waals surface area contributed by atoms with Crippen LogP contribution in [-0.2, 0) is 9.59 Å². The number of likely N-dealkylation sites (tertiary alicyclic amines) is 1. The number of amides is 2. The lowest BCUT2D eigenvalue weighted by Gasteiger charge is -2.44. The topological polar surface area (TPSA) is 49.4 Å². The van der Waals surface area contributed by atoms with E-state index in [0.29, 0.717) is 25.3 Å².